The predicted octanol–water partition coefficient (Wildman–Crippen LogP) is 3.08. The van der Waals surface area contributed by atoms with Crippen LogP contribution in [0.2, 0.25) is 0 Å². The number of methoxy groups -OCH3 is 1. The maximum atomic E-state index is 13.0. The molecule has 7 nitrogen and oxygen atoms in total. The number of hydrogen-bond acceptors (Lipinski definition) is 4. The number of rotatable bonds is 5. The number of nitrogens with two attached hydrogens (primary N) is 1. The number of amidine groups is 1. The first-order chi connectivity index (χ1) is 14.9. The molecule has 166 valence electrons. The van der Waals surface area contributed by atoms with Crippen molar-refractivity contribution in [2.75, 3.05) is 13.7 Å². The van der Waals surface area contributed by atoms with Crippen molar-refractivity contribution in [3.05, 3.63) is 61.3 Å². The molecule has 0 radical (unpaired) electrons. The number of allylic oxidation sites excluding steroid dienone is 1. The van der Waals surface area contributed by atoms with Crippen molar-refractivity contribution in [2.24, 2.45) is 16.6 Å². The Morgan fingerprint density at radius 3 is 2.61 bits per heavy atom. The maximum absolute atomic E-state index is 13.0. The Morgan fingerprint density at radius 1 is 1.32 bits per heavy atom. The Bertz CT molecular complexity index is 837. The number of hydrogen-bond donors (Lipinski definition) is 2. The molecule has 1 aliphatic rings. The first-order valence-electron chi connectivity index (χ1n) is 10.1. The van der Waals surface area contributed by atoms with Crippen LogP contribution in [0.25, 0.3) is 0 Å². The summed E-state index contributed by atoms with van der Waals surface area (Å²) in [5.41, 5.74) is 7.07. The van der Waals surface area contributed by atoms with E-state index in [-0.39, 0.29) is 17.9 Å². The van der Waals surface area contributed by atoms with Crippen molar-refractivity contribution in [1.29, 1.82) is 0 Å². The van der Waals surface area contributed by atoms with Gasteiger partial charge in [0.1, 0.15) is 11.9 Å². The summed E-state index contributed by atoms with van der Waals surface area (Å²) in [4.78, 5) is 30.5. The molecule has 1 aromatic carbocycles. The predicted molar refractivity (Wildman–Crippen MR) is 124 cm³/mol. The van der Waals surface area contributed by atoms with Crippen LogP contribution in [0, 0.1) is 17.8 Å². The molecule has 0 saturated carbocycles. The van der Waals surface area contributed by atoms with E-state index in [1.165, 1.54) is 7.11 Å². The molecular weight excluding hydrogens is 392 g/mol. The van der Waals surface area contributed by atoms with Crippen LogP contribution in [0.5, 0.6) is 0 Å². The zero-order valence-corrected chi connectivity index (χ0v) is 18.5. The van der Waals surface area contributed by atoms with Crippen LogP contribution in [0.1, 0.15) is 32.3 Å². The van der Waals surface area contributed by atoms with Crippen molar-refractivity contribution in [3.63, 3.8) is 0 Å². The minimum atomic E-state index is -0.678. The lowest BCUT2D eigenvalue weighted by molar-refractivity contribution is -0.134. The molecule has 2 amide bonds. The molecule has 0 aromatic heterocycles. The van der Waals surface area contributed by atoms with Crippen LogP contribution < -0.4 is 11.1 Å². The van der Waals surface area contributed by atoms with Crippen molar-refractivity contribution in [1.82, 2.24) is 10.2 Å². The van der Waals surface area contributed by atoms with Gasteiger partial charge in [0.25, 0.3) is 0 Å². The second-order valence-electron chi connectivity index (χ2n) is 7.05. The third kappa shape index (κ3) is 8.01. The van der Waals surface area contributed by atoms with E-state index in [9.17, 15) is 9.59 Å². The molecule has 1 saturated heterocycles. The van der Waals surface area contributed by atoms with Crippen LogP contribution >= 0.6 is 0 Å². The van der Waals surface area contributed by atoms with Crippen LogP contribution in [0.3, 0.4) is 0 Å². The number of aliphatic imine (C=N–C) groups is 1. The molecular formula is C24H32N4O3. The van der Waals surface area contributed by atoms with Crippen molar-refractivity contribution < 1.29 is 14.3 Å². The number of nitrogens with zero attached hydrogens (tertiary/aromatic N) is 2. The number of carbonyl (C=O) groups is 2. The zero-order valence-electron chi connectivity index (χ0n) is 18.5. The lowest BCUT2D eigenvalue weighted by Crippen LogP contribution is -2.54. The Labute approximate surface area is 185 Å². The highest BCUT2D eigenvalue weighted by atomic mass is 16.5. The zero-order chi connectivity index (χ0) is 23.2. The molecule has 7 heteroatoms. The number of amides is 2. The lowest BCUT2D eigenvalue weighted by atomic mass is 10.0. The monoisotopic (exact) mass is 424 g/mol. The number of nitrogens with one attached hydrogen (secondary N) is 1. The summed E-state index contributed by atoms with van der Waals surface area (Å²) in [6.45, 7) is 10.3. The topological polar surface area (TPSA) is 97.0 Å². The minimum absolute atomic E-state index is 0.0887. The summed E-state index contributed by atoms with van der Waals surface area (Å²) < 4.78 is 4.63. The van der Waals surface area contributed by atoms with Gasteiger partial charge < -0.3 is 20.7 Å². The van der Waals surface area contributed by atoms with Gasteiger partial charge in [0.05, 0.1) is 13.2 Å². The van der Waals surface area contributed by atoms with E-state index in [0.29, 0.717) is 12.4 Å². The summed E-state index contributed by atoms with van der Waals surface area (Å²) in [5.74, 6) is 6.00. The molecule has 1 unspecified atom stereocenters. The van der Waals surface area contributed by atoms with Gasteiger partial charge in [-0.15, -0.1) is 13.2 Å². The van der Waals surface area contributed by atoms with E-state index >= 15 is 0 Å². The molecule has 2 atom stereocenters. The molecule has 3 N–H and O–H groups in total. The van der Waals surface area contributed by atoms with E-state index < -0.39 is 12.1 Å². The number of carbonyl (C=O) groups excluding carboxylic acids is 2. The minimum Gasteiger partial charge on any atom is -0.453 e. The molecule has 1 heterocycles. The largest absolute Gasteiger partial charge is 0.453 e. The average molecular weight is 425 g/mol. The number of alkyl carbamates (subject to hydrolysis) is 1. The quantitative estimate of drug-likeness (QED) is 0.329. The van der Waals surface area contributed by atoms with Crippen molar-refractivity contribution >= 4 is 17.8 Å². The van der Waals surface area contributed by atoms with Gasteiger partial charge in [-0.2, -0.15) is 0 Å². The summed E-state index contributed by atoms with van der Waals surface area (Å²) in [7, 11) is 1.27. The molecule has 0 spiro atoms. The fraction of sp³-hybridized carbons (Fsp3) is 0.375. The molecule has 0 bridgehead atoms. The molecule has 2 rings (SSSR count). The van der Waals surface area contributed by atoms with Gasteiger partial charge in [-0.05, 0) is 30.9 Å². The summed E-state index contributed by atoms with van der Waals surface area (Å²) in [6.07, 6.45) is 4.09. The molecule has 1 aliphatic heterocycles. The van der Waals surface area contributed by atoms with Crippen LogP contribution in [0.15, 0.2) is 60.8 Å². The van der Waals surface area contributed by atoms with E-state index in [1.54, 1.807) is 17.2 Å². The fourth-order valence-electron chi connectivity index (χ4n) is 3.11. The Kier molecular flexibility index (Phi) is 11.2. The number of likely N-dealkylation sites (tertiary alicyclic amines) is 1. The third-order valence-electron chi connectivity index (χ3n) is 4.64. The highest BCUT2D eigenvalue weighted by Crippen LogP contribution is 2.20. The fourth-order valence-corrected chi connectivity index (χ4v) is 3.11. The molecule has 1 aromatic rings. The van der Waals surface area contributed by atoms with Gasteiger partial charge in [-0.3, -0.25) is 4.79 Å². The highest BCUT2D eigenvalue weighted by molar-refractivity contribution is 5.93. The normalized spacial score (nSPS) is 16.7. The standard InChI is InChI=1S/C22H28N4O3.C2H4/c1-16(2)19(25-22(28)29-3)21(27)26-15-9-13-18(26)20(23)24-14-8-7-12-17-10-5-4-6-11-17;1-2/h4-6,8,10-11,14,16,18-19H,9,13,15H2,1-3H3,(H2,23,24)(H,25,28);1-2H2/b14-8+;/t18-,19?;/m1./s1. The van der Waals surface area contributed by atoms with E-state index in [4.69, 9.17) is 5.73 Å². The molecule has 1 fully saturated rings. The van der Waals surface area contributed by atoms with Crippen molar-refractivity contribution in [2.45, 2.75) is 38.8 Å². The highest BCUT2D eigenvalue weighted by Gasteiger charge is 2.37. The Balaban J connectivity index is 0.00000233. The van der Waals surface area contributed by atoms with Gasteiger partial charge in [-0.1, -0.05) is 43.9 Å². The summed E-state index contributed by atoms with van der Waals surface area (Å²) in [5, 5.41) is 2.61. The van der Waals surface area contributed by atoms with Crippen molar-refractivity contribution in [3.8, 4) is 11.8 Å². The SMILES string of the molecule is C=C.COC(=O)NC(C(=O)N1CCC[C@@H]1C(N)=N/C=C/C#Cc1ccccc1)C(C)C. The van der Waals surface area contributed by atoms with Gasteiger partial charge in [-0.25, -0.2) is 9.79 Å². The Morgan fingerprint density at radius 2 is 2.00 bits per heavy atom. The van der Waals surface area contributed by atoms with E-state index in [0.717, 1.165) is 18.4 Å². The number of benzene rings is 1. The molecule has 31 heavy (non-hydrogen) atoms. The lowest BCUT2D eigenvalue weighted by Gasteiger charge is -2.30. The summed E-state index contributed by atoms with van der Waals surface area (Å²) in [6, 6.07) is 8.66. The first-order valence-corrected chi connectivity index (χ1v) is 10.1. The van der Waals surface area contributed by atoms with Crippen LogP contribution in [-0.2, 0) is 9.53 Å². The second-order valence-corrected chi connectivity index (χ2v) is 7.05. The van der Waals surface area contributed by atoms with Crippen LogP contribution in [-0.4, -0.2) is 48.5 Å². The second kappa shape index (κ2) is 13.6. The van der Waals surface area contributed by atoms with E-state index in [1.807, 2.05) is 44.2 Å². The van der Waals surface area contributed by atoms with E-state index in [2.05, 4.69) is 40.0 Å². The van der Waals surface area contributed by atoms with Gasteiger partial charge in [0.15, 0.2) is 0 Å². The van der Waals surface area contributed by atoms with Gasteiger partial charge in [0, 0.05) is 24.4 Å². The smallest absolute Gasteiger partial charge is 0.407 e. The van der Waals surface area contributed by atoms with Gasteiger partial charge >= 0.3 is 6.09 Å². The Hall–Kier alpha value is -3.53. The van der Waals surface area contributed by atoms with Gasteiger partial charge in [0.2, 0.25) is 5.91 Å². The molecule has 0 aliphatic carbocycles. The average Bonchev–Trinajstić information content (AvgIpc) is 3.28. The first kappa shape index (κ1) is 25.5. The maximum Gasteiger partial charge on any atom is 0.407 e. The number of ether oxygens (including phenoxy) is 1. The third-order valence-corrected chi connectivity index (χ3v) is 4.64. The summed E-state index contributed by atoms with van der Waals surface area (Å²) >= 11 is 0. The van der Waals surface area contributed by atoms with Crippen LogP contribution in [0.4, 0.5) is 4.79 Å².